The number of nitrogens with zero attached hydrogens (tertiary/aromatic N) is 2. The lowest BCUT2D eigenvalue weighted by Gasteiger charge is -2.09. The third-order valence-corrected chi connectivity index (χ3v) is 3.04. The molecule has 0 atom stereocenters. The lowest BCUT2D eigenvalue weighted by molar-refractivity contribution is 0.772. The zero-order valence-electron chi connectivity index (χ0n) is 10.6. The van der Waals surface area contributed by atoms with Gasteiger partial charge in [0.05, 0.1) is 5.01 Å². The van der Waals surface area contributed by atoms with E-state index in [0.717, 1.165) is 31.9 Å². The predicted octanol–water partition coefficient (Wildman–Crippen LogP) is 2.19. The van der Waals surface area contributed by atoms with Crippen molar-refractivity contribution >= 4 is 41.3 Å². The third kappa shape index (κ3) is 6.82. The zero-order valence-corrected chi connectivity index (χ0v) is 13.8. The van der Waals surface area contributed by atoms with Gasteiger partial charge in [-0.15, -0.1) is 35.3 Å². The maximum atomic E-state index is 4.32. The van der Waals surface area contributed by atoms with Gasteiger partial charge in [-0.25, -0.2) is 4.98 Å². The molecule has 0 aliphatic carbocycles. The number of hydrogen-bond acceptors (Lipinski definition) is 3. The van der Waals surface area contributed by atoms with Crippen molar-refractivity contribution in [3.63, 3.8) is 0 Å². The molecule has 1 rings (SSSR count). The fourth-order valence-corrected chi connectivity index (χ4v) is 2.06. The highest BCUT2D eigenvalue weighted by molar-refractivity contribution is 14.0. The van der Waals surface area contributed by atoms with Crippen LogP contribution in [0.2, 0.25) is 0 Å². The molecule has 0 unspecified atom stereocenters. The molecule has 0 amide bonds. The quantitative estimate of drug-likeness (QED) is 0.476. The monoisotopic (exact) mass is 368 g/mol. The van der Waals surface area contributed by atoms with Crippen LogP contribution in [-0.4, -0.2) is 31.1 Å². The number of aliphatic imine (C=N–C) groups is 1. The molecule has 2 N–H and O–H groups in total. The van der Waals surface area contributed by atoms with Crippen molar-refractivity contribution in [2.75, 3.05) is 20.1 Å². The molecule has 1 aromatic heterocycles. The lowest BCUT2D eigenvalue weighted by Crippen LogP contribution is -2.38. The van der Waals surface area contributed by atoms with E-state index in [9.17, 15) is 0 Å². The number of aryl methyl sites for hydroxylation is 1. The molecule has 0 saturated carbocycles. The Morgan fingerprint density at radius 3 is 2.65 bits per heavy atom. The highest BCUT2D eigenvalue weighted by atomic mass is 127. The average molecular weight is 368 g/mol. The van der Waals surface area contributed by atoms with Gasteiger partial charge in [-0.3, -0.25) is 4.99 Å². The van der Waals surface area contributed by atoms with Gasteiger partial charge in [0.1, 0.15) is 0 Å². The summed E-state index contributed by atoms with van der Waals surface area (Å²) in [6, 6.07) is 0. The topological polar surface area (TPSA) is 49.3 Å². The van der Waals surface area contributed by atoms with Crippen molar-refractivity contribution in [2.24, 2.45) is 4.99 Å². The van der Waals surface area contributed by atoms with Crippen molar-refractivity contribution < 1.29 is 0 Å². The summed E-state index contributed by atoms with van der Waals surface area (Å²) < 4.78 is 0. The molecule has 0 spiro atoms. The van der Waals surface area contributed by atoms with Gasteiger partial charge in [-0.2, -0.15) is 0 Å². The summed E-state index contributed by atoms with van der Waals surface area (Å²) >= 11 is 1.75. The van der Waals surface area contributed by atoms with Crippen molar-refractivity contribution in [3.8, 4) is 0 Å². The van der Waals surface area contributed by atoms with E-state index in [1.807, 2.05) is 6.20 Å². The standard InChI is InChI=1S/C11H20N4S.HI/c1-4-6-13-11(12-3)14-7-5-10-15-8-9(2)16-10;/h8H,4-7H2,1-3H3,(H2,12,13,14);1H. The summed E-state index contributed by atoms with van der Waals surface area (Å²) in [6.45, 7) is 6.04. The molecule has 98 valence electrons. The van der Waals surface area contributed by atoms with Crippen LogP contribution in [-0.2, 0) is 6.42 Å². The van der Waals surface area contributed by atoms with Crippen LogP contribution in [0.1, 0.15) is 23.2 Å². The van der Waals surface area contributed by atoms with Crippen LogP contribution in [0, 0.1) is 6.92 Å². The van der Waals surface area contributed by atoms with Crippen molar-refractivity contribution in [1.29, 1.82) is 0 Å². The molecule has 0 radical (unpaired) electrons. The van der Waals surface area contributed by atoms with Gasteiger partial charge < -0.3 is 10.6 Å². The number of nitrogens with one attached hydrogen (secondary N) is 2. The molecule has 0 aliphatic rings. The first kappa shape index (κ1) is 16.6. The molecular formula is C11H21IN4S. The Labute approximate surface area is 124 Å². The summed E-state index contributed by atoms with van der Waals surface area (Å²) in [5, 5.41) is 7.68. The molecule has 0 bridgehead atoms. The maximum Gasteiger partial charge on any atom is 0.190 e. The minimum Gasteiger partial charge on any atom is -0.356 e. The van der Waals surface area contributed by atoms with E-state index < -0.39 is 0 Å². The summed E-state index contributed by atoms with van der Waals surface area (Å²) in [5.41, 5.74) is 0. The minimum absolute atomic E-state index is 0. The molecule has 17 heavy (non-hydrogen) atoms. The average Bonchev–Trinajstić information content (AvgIpc) is 2.69. The SMILES string of the molecule is CCCNC(=NC)NCCc1ncc(C)s1.I. The largest absolute Gasteiger partial charge is 0.356 e. The van der Waals surface area contributed by atoms with Crippen LogP contribution in [0.5, 0.6) is 0 Å². The molecule has 0 aromatic carbocycles. The Kier molecular flexibility index (Phi) is 9.43. The fourth-order valence-electron chi connectivity index (χ4n) is 1.27. The van der Waals surface area contributed by atoms with E-state index in [1.165, 1.54) is 9.88 Å². The molecule has 6 heteroatoms. The van der Waals surface area contributed by atoms with E-state index in [-0.39, 0.29) is 24.0 Å². The lowest BCUT2D eigenvalue weighted by atomic mass is 10.4. The number of aromatic nitrogens is 1. The van der Waals surface area contributed by atoms with Crippen molar-refractivity contribution in [3.05, 3.63) is 16.1 Å². The molecule has 4 nitrogen and oxygen atoms in total. The van der Waals surface area contributed by atoms with Crippen LogP contribution >= 0.6 is 35.3 Å². The number of guanidine groups is 1. The Bertz CT molecular complexity index is 338. The van der Waals surface area contributed by atoms with Crippen LogP contribution in [0.25, 0.3) is 0 Å². The van der Waals surface area contributed by atoms with E-state index in [1.54, 1.807) is 18.4 Å². The first-order chi connectivity index (χ1) is 7.76. The van der Waals surface area contributed by atoms with Gasteiger partial charge in [0, 0.05) is 37.6 Å². The Morgan fingerprint density at radius 1 is 1.41 bits per heavy atom. The number of thiazole rings is 1. The molecule has 1 aromatic rings. The normalized spacial score (nSPS) is 10.9. The van der Waals surface area contributed by atoms with Crippen molar-refractivity contribution in [2.45, 2.75) is 26.7 Å². The molecule has 0 saturated heterocycles. The van der Waals surface area contributed by atoms with Crippen LogP contribution < -0.4 is 10.6 Å². The van der Waals surface area contributed by atoms with Crippen molar-refractivity contribution in [1.82, 2.24) is 15.6 Å². The van der Waals surface area contributed by atoms with Gasteiger partial charge in [0.2, 0.25) is 0 Å². The number of halogens is 1. The van der Waals surface area contributed by atoms with E-state index in [4.69, 9.17) is 0 Å². The van der Waals surface area contributed by atoms with Crippen LogP contribution in [0.3, 0.4) is 0 Å². The second kappa shape index (κ2) is 9.64. The maximum absolute atomic E-state index is 4.32. The first-order valence-electron chi connectivity index (χ1n) is 5.62. The Morgan fingerprint density at radius 2 is 2.12 bits per heavy atom. The number of hydrogen-bond donors (Lipinski definition) is 2. The summed E-state index contributed by atoms with van der Waals surface area (Å²) in [4.78, 5) is 9.73. The highest BCUT2D eigenvalue weighted by Gasteiger charge is 1.99. The van der Waals surface area contributed by atoms with Gasteiger partial charge in [-0.1, -0.05) is 6.92 Å². The number of rotatable bonds is 5. The molecule has 1 heterocycles. The van der Waals surface area contributed by atoms with E-state index >= 15 is 0 Å². The molecule has 0 fully saturated rings. The first-order valence-corrected chi connectivity index (χ1v) is 6.43. The molecule has 0 aliphatic heterocycles. The second-order valence-corrected chi connectivity index (χ2v) is 4.86. The van der Waals surface area contributed by atoms with Crippen LogP contribution in [0.15, 0.2) is 11.2 Å². The van der Waals surface area contributed by atoms with Gasteiger partial charge in [0.15, 0.2) is 5.96 Å². The zero-order chi connectivity index (χ0) is 11.8. The van der Waals surface area contributed by atoms with Gasteiger partial charge >= 0.3 is 0 Å². The molecular weight excluding hydrogens is 347 g/mol. The Balaban J connectivity index is 0.00000256. The smallest absolute Gasteiger partial charge is 0.190 e. The summed E-state index contributed by atoms with van der Waals surface area (Å²) in [5.74, 6) is 0.870. The third-order valence-electron chi connectivity index (χ3n) is 2.07. The van der Waals surface area contributed by atoms with E-state index in [0.29, 0.717) is 0 Å². The van der Waals surface area contributed by atoms with Crippen LogP contribution in [0.4, 0.5) is 0 Å². The minimum atomic E-state index is 0. The summed E-state index contributed by atoms with van der Waals surface area (Å²) in [7, 11) is 1.79. The Hall–Kier alpha value is -0.370. The summed E-state index contributed by atoms with van der Waals surface area (Å²) in [6.07, 6.45) is 3.97. The van der Waals surface area contributed by atoms with Gasteiger partial charge in [-0.05, 0) is 13.3 Å². The second-order valence-electron chi connectivity index (χ2n) is 3.54. The highest BCUT2D eigenvalue weighted by Crippen LogP contribution is 2.10. The van der Waals surface area contributed by atoms with E-state index in [2.05, 4.69) is 34.5 Å². The predicted molar refractivity (Wildman–Crippen MR) is 85.6 cm³/mol. The van der Waals surface area contributed by atoms with Gasteiger partial charge in [0.25, 0.3) is 0 Å². The fraction of sp³-hybridized carbons (Fsp3) is 0.636.